The van der Waals surface area contributed by atoms with E-state index in [0.717, 1.165) is 24.8 Å². The summed E-state index contributed by atoms with van der Waals surface area (Å²) in [6.45, 7) is 2.14. The van der Waals surface area contributed by atoms with Gasteiger partial charge in [0.1, 0.15) is 11.9 Å². The molecule has 1 atom stereocenters. The van der Waals surface area contributed by atoms with E-state index in [-0.39, 0.29) is 0 Å². The van der Waals surface area contributed by atoms with Gasteiger partial charge in [0.15, 0.2) is 0 Å². The molecule has 3 rings (SSSR count). The zero-order chi connectivity index (χ0) is 10.8. The Bertz CT molecular complexity index is 354. The first-order valence-corrected chi connectivity index (χ1v) is 6.40. The van der Waals surface area contributed by atoms with Gasteiger partial charge in [0.2, 0.25) is 0 Å². The molecule has 16 heavy (non-hydrogen) atoms. The Kier molecular flexibility index (Phi) is 2.83. The molecule has 0 spiro atoms. The molecule has 1 N–H and O–H groups in total. The van der Waals surface area contributed by atoms with Crippen LogP contribution in [0.15, 0.2) is 24.3 Å². The maximum absolute atomic E-state index is 6.13. The van der Waals surface area contributed by atoms with Gasteiger partial charge in [-0.3, -0.25) is 0 Å². The predicted molar refractivity (Wildman–Crippen MR) is 64.9 cm³/mol. The molecule has 1 unspecified atom stereocenters. The summed E-state index contributed by atoms with van der Waals surface area (Å²) in [4.78, 5) is 0. The second kappa shape index (κ2) is 4.46. The average Bonchev–Trinajstić information content (AvgIpc) is 3.15. The summed E-state index contributed by atoms with van der Waals surface area (Å²) < 4.78 is 6.13. The fraction of sp³-hybridized carbons (Fsp3) is 0.571. The quantitative estimate of drug-likeness (QED) is 0.840. The molecule has 2 nitrogen and oxygen atoms in total. The summed E-state index contributed by atoms with van der Waals surface area (Å²) in [6, 6.07) is 8.56. The molecule has 1 aromatic rings. The number of para-hydroxylation sites is 1. The van der Waals surface area contributed by atoms with E-state index in [1.165, 1.54) is 31.2 Å². The highest BCUT2D eigenvalue weighted by Gasteiger charge is 2.27. The average molecular weight is 217 g/mol. The Morgan fingerprint density at radius 2 is 2.00 bits per heavy atom. The van der Waals surface area contributed by atoms with Gasteiger partial charge in [0.05, 0.1) is 0 Å². The second-order valence-corrected chi connectivity index (χ2v) is 4.90. The standard InChI is InChI=1S/C14H19NO/c1-2-6-14(13(5-1)11-7-8-11)16-12-4-3-9-15-10-12/h1-2,5-6,11-12,15H,3-4,7-10H2. The monoisotopic (exact) mass is 217 g/mol. The minimum Gasteiger partial charge on any atom is -0.489 e. The van der Waals surface area contributed by atoms with E-state index in [0.29, 0.717) is 6.10 Å². The van der Waals surface area contributed by atoms with Crippen LogP contribution in [0.2, 0.25) is 0 Å². The number of hydrogen-bond donors (Lipinski definition) is 1. The lowest BCUT2D eigenvalue weighted by Gasteiger charge is -2.25. The van der Waals surface area contributed by atoms with Crippen LogP contribution in [-0.4, -0.2) is 19.2 Å². The molecule has 1 heterocycles. The summed E-state index contributed by atoms with van der Waals surface area (Å²) in [7, 11) is 0. The van der Waals surface area contributed by atoms with Crippen molar-refractivity contribution < 1.29 is 4.74 Å². The van der Waals surface area contributed by atoms with Crippen molar-refractivity contribution in [1.82, 2.24) is 5.32 Å². The first-order valence-electron chi connectivity index (χ1n) is 6.40. The first kappa shape index (κ1) is 10.2. The molecule has 2 fully saturated rings. The molecule has 0 bridgehead atoms. The van der Waals surface area contributed by atoms with E-state index in [9.17, 15) is 0 Å². The van der Waals surface area contributed by atoms with Crippen molar-refractivity contribution in [2.24, 2.45) is 0 Å². The number of benzene rings is 1. The molecule has 1 aromatic carbocycles. The second-order valence-electron chi connectivity index (χ2n) is 4.90. The highest BCUT2D eigenvalue weighted by atomic mass is 16.5. The Hall–Kier alpha value is -1.02. The van der Waals surface area contributed by atoms with E-state index >= 15 is 0 Å². The number of nitrogens with one attached hydrogen (secondary N) is 1. The minimum atomic E-state index is 0.369. The first-order chi connectivity index (χ1) is 7.93. The summed E-state index contributed by atoms with van der Waals surface area (Å²) in [6.07, 6.45) is 5.46. The van der Waals surface area contributed by atoms with Crippen molar-refractivity contribution in [3.8, 4) is 5.75 Å². The van der Waals surface area contributed by atoms with Gasteiger partial charge in [-0.1, -0.05) is 18.2 Å². The Morgan fingerprint density at radius 3 is 2.75 bits per heavy atom. The Labute approximate surface area is 97.0 Å². The lowest BCUT2D eigenvalue weighted by Crippen LogP contribution is -2.37. The van der Waals surface area contributed by atoms with Crippen LogP contribution in [-0.2, 0) is 0 Å². The zero-order valence-corrected chi connectivity index (χ0v) is 9.61. The highest BCUT2D eigenvalue weighted by Crippen LogP contribution is 2.44. The fourth-order valence-corrected chi connectivity index (χ4v) is 2.42. The molecule has 1 aliphatic carbocycles. The zero-order valence-electron chi connectivity index (χ0n) is 9.61. The van der Waals surface area contributed by atoms with Crippen molar-refractivity contribution in [3.05, 3.63) is 29.8 Å². The van der Waals surface area contributed by atoms with Crippen LogP contribution in [0.5, 0.6) is 5.75 Å². The third-order valence-corrected chi connectivity index (χ3v) is 3.48. The highest BCUT2D eigenvalue weighted by molar-refractivity contribution is 5.38. The van der Waals surface area contributed by atoms with Crippen LogP contribution in [0.1, 0.15) is 37.2 Å². The largest absolute Gasteiger partial charge is 0.489 e. The Balaban J connectivity index is 1.72. The van der Waals surface area contributed by atoms with Gasteiger partial charge in [-0.25, -0.2) is 0 Å². The minimum absolute atomic E-state index is 0.369. The predicted octanol–water partition coefficient (Wildman–Crippen LogP) is 2.69. The molecular weight excluding hydrogens is 198 g/mol. The summed E-state index contributed by atoms with van der Waals surface area (Å²) in [5, 5.41) is 3.39. The molecule has 0 radical (unpaired) electrons. The summed E-state index contributed by atoms with van der Waals surface area (Å²) >= 11 is 0. The van der Waals surface area contributed by atoms with Crippen molar-refractivity contribution in [1.29, 1.82) is 0 Å². The van der Waals surface area contributed by atoms with Crippen LogP contribution in [0.25, 0.3) is 0 Å². The molecule has 1 saturated heterocycles. The molecule has 86 valence electrons. The molecule has 2 heteroatoms. The molecule has 1 aliphatic heterocycles. The Morgan fingerprint density at radius 1 is 1.12 bits per heavy atom. The summed E-state index contributed by atoms with van der Waals surface area (Å²) in [5.74, 6) is 1.89. The molecule has 1 saturated carbocycles. The number of rotatable bonds is 3. The maximum atomic E-state index is 6.13. The lowest BCUT2D eigenvalue weighted by atomic mass is 10.1. The van der Waals surface area contributed by atoms with Crippen molar-refractivity contribution in [3.63, 3.8) is 0 Å². The number of hydrogen-bond acceptors (Lipinski definition) is 2. The summed E-state index contributed by atoms with van der Waals surface area (Å²) in [5.41, 5.74) is 1.42. The van der Waals surface area contributed by atoms with E-state index in [1.54, 1.807) is 0 Å². The van der Waals surface area contributed by atoms with E-state index in [4.69, 9.17) is 4.74 Å². The fourth-order valence-electron chi connectivity index (χ4n) is 2.42. The van der Waals surface area contributed by atoms with Gasteiger partial charge in [0, 0.05) is 6.54 Å². The van der Waals surface area contributed by atoms with Crippen LogP contribution in [0.3, 0.4) is 0 Å². The van der Waals surface area contributed by atoms with Crippen LogP contribution >= 0.6 is 0 Å². The van der Waals surface area contributed by atoms with Crippen molar-refractivity contribution in [2.75, 3.05) is 13.1 Å². The van der Waals surface area contributed by atoms with Gasteiger partial charge < -0.3 is 10.1 Å². The van der Waals surface area contributed by atoms with Crippen LogP contribution < -0.4 is 10.1 Å². The van der Waals surface area contributed by atoms with Gasteiger partial charge in [-0.05, 0) is 49.8 Å². The van der Waals surface area contributed by atoms with E-state index in [2.05, 4.69) is 29.6 Å². The van der Waals surface area contributed by atoms with Crippen molar-refractivity contribution >= 4 is 0 Å². The topological polar surface area (TPSA) is 21.3 Å². The third kappa shape index (κ3) is 2.22. The lowest BCUT2D eigenvalue weighted by molar-refractivity contribution is 0.165. The third-order valence-electron chi connectivity index (χ3n) is 3.48. The number of ether oxygens (including phenoxy) is 1. The van der Waals surface area contributed by atoms with E-state index in [1.807, 2.05) is 0 Å². The molecule has 2 aliphatic rings. The smallest absolute Gasteiger partial charge is 0.123 e. The SMILES string of the molecule is c1ccc(C2CC2)c(OC2CCCNC2)c1. The van der Waals surface area contributed by atoms with Gasteiger partial charge in [0.25, 0.3) is 0 Å². The normalized spacial score (nSPS) is 25.4. The molecular formula is C14H19NO. The van der Waals surface area contributed by atoms with E-state index < -0.39 is 0 Å². The number of piperidine rings is 1. The van der Waals surface area contributed by atoms with Crippen LogP contribution in [0.4, 0.5) is 0 Å². The van der Waals surface area contributed by atoms with Crippen molar-refractivity contribution in [2.45, 2.75) is 37.7 Å². The molecule has 0 amide bonds. The maximum Gasteiger partial charge on any atom is 0.123 e. The van der Waals surface area contributed by atoms with Crippen LogP contribution in [0, 0.1) is 0 Å². The van der Waals surface area contributed by atoms with Gasteiger partial charge in [-0.15, -0.1) is 0 Å². The van der Waals surface area contributed by atoms with Gasteiger partial charge >= 0.3 is 0 Å². The van der Waals surface area contributed by atoms with Gasteiger partial charge in [-0.2, -0.15) is 0 Å². The molecule has 0 aromatic heterocycles.